The maximum absolute atomic E-state index is 12.7. The van der Waals surface area contributed by atoms with Crippen LogP contribution in [0.3, 0.4) is 0 Å². The minimum absolute atomic E-state index is 0.147. The number of amides is 1. The predicted molar refractivity (Wildman–Crippen MR) is 99.3 cm³/mol. The SMILES string of the molecule is COCCCOC1CN(C(=O)c2cc3c(s2)-c2ccccc2CC3)C1. The van der Waals surface area contributed by atoms with Crippen molar-refractivity contribution in [3.63, 3.8) is 0 Å². The number of hydrogen-bond donors (Lipinski definition) is 0. The predicted octanol–water partition coefficient (Wildman–Crippen LogP) is 3.39. The number of carbonyl (C=O) groups excluding carboxylic acids is 1. The third-order valence-corrected chi connectivity index (χ3v) is 6.13. The van der Waals surface area contributed by atoms with Gasteiger partial charge in [-0.2, -0.15) is 0 Å². The lowest BCUT2D eigenvalue weighted by molar-refractivity contribution is -0.0463. The smallest absolute Gasteiger partial charge is 0.264 e. The zero-order valence-electron chi connectivity index (χ0n) is 14.5. The second kappa shape index (κ2) is 7.28. The summed E-state index contributed by atoms with van der Waals surface area (Å²) in [4.78, 5) is 16.8. The Morgan fingerprint density at radius 1 is 1.20 bits per heavy atom. The van der Waals surface area contributed by atoms with Gasteiger partial charge in [0.25, 0.3) is 5.91 Å². The van der Waals surface area contributed by atoms with Crippen LogP contribution in [0.4, 0.5) is 0 Å². The van der Waals surface area contributed by atoms with E-state index in [2.05, 4.69) is 30.3 Å². The van der Waals surface area contributed by atoms with Gasteiger partial charge in [-0.05, 0) is 42.0 Å². The molecular weight excluding hydrogens is 334 g/mol. The second-order valence-electron chi connectivity index (χ2n) is 6.67. The van der Waals surface area contributed by atoms with E-state index in [9.17, 15) is 4.79 Å². The van der Waals surface area contributed by atoms with Crippen LogP contribution in [0.5, 0.6) is 0 Å². The van der Waals surface area contributed by atoms with Crippen LogP contribution in [0, 0.1) is 0 Å². The molecule has 1 aromatic carbocycles. The van der Waals surface area contributed by atoms with E-state index in [0.29, 0.717) is 19.7 Å². The Balaban J connectivity index is 1.38. The Labute approximate surface area is 152 Å². The molecule has 0 bridgehead atoms. The van der Waals surface area contributed by atoms with Crippen molar-refractivity contribution in [1.29, 1.82) is 0 Å². The standard InChI is InChI=1S/C20H23NO3S/c1-23-9-4-10-24-16-12-21(13-16)20(22)18-11-15-8-7-14-5-2-3-6-17(14)19(15)25-18/h2-3,5-6,11,16H,4,7-10,12-13H2,1H3. The highest BCUT2D eigenvalue weighted by molar-refractivity contribution is 7.17. The molecule has 2 aliphatic rings. The summed E-state index contributed by atoms with van der Waals surface area (Å²) in [6.07, 6.45) is 3.17. The molecule has 25 heavy (non-hydrogen) atoms. The molecule has 0 unspecified atom stereocenters. The lowest BCUT2D eigenvalue weighted by Crippen LogP contribution is -2.54. The number of nitrogens with zero attached hydrogens (tertiary/aromatic N) is 1. The third-order valence-electron chi connectivity index (χ3n) is 4.93. The van der Waals surface area contributed by atoms with Crippen molar-refractivity contribution in [2.75, 3.05) is 33.4 Å². The Kier molecular flexibility index (Phi) is 4.88. The zero-order chi connectivity index (χ0) is 17.2. The van der Waals surface area contributed by atoms with Crippen molar-refractivity contribution in [2.24, 2.45) is 0 Å². The van der Waals surface area contributed by atoms with Gasteiger partial charge in [-0.15, -0.1) is 11.3 Å². The summed E-state index contributed by atoms with van der Waals surface area (Å²) in [6, 6.07) is 10.6. The number of rotatable bonds is 6. The van der Waals surface area contributed by atoms with Crippen LogP contribution in [0.1, 0.15) is 27.2 Å². The number of carbonyl (C=O) groups is 1. The summed E-state index contributed by atoms with van der Waals surface area (Å²) >= 11 is 1.64. The van der Waals surface area contributed by atoms with Crippen molar-refractivity contribution in [1.82, 2.24) is 4.90 Å². The van der Waals surface area contributed by atoms with Crippen LogP contribution in [-0.2, 0) is 22.3 Å². The highest BCUT2D eigenvalue weighted by atomic mass is 32.1. The molecule has 0 radical (unpaired) electrons. The van der Waals surface area contributed by atoms with Gasteiger partial charge in [0, 0.05) is 38.3 Å². The molecule has 5 heteroatoms. The van der Waals surface area contributed by atoms with Crippen molar-refractivity contribution in [3.05, 3.63) is 46.3 Å². The van der Waals surface area contributed by atoms with Crippen LogP contribution in [-0.4, -0.2) is 50.3 Å². The largest absolute Gasteiger partial charge is 0.385 e. The molecule has 2 aromatic rings. The molecule has 0 N–H and O–H groups in total. The van der Waals surface area contributed by atoms with E-state index in [0.717, 1.165) is 30.7 Å². The van der Waals surface area contributed by atoms with Gasteiger partial charge < -0.3 is 14.4 Å². The molecule has 1 aliphatic carbocycles. The summed E-state index contributed by atoms with van der Waals surface area (Å²) in [5.41, 5.74) is 4.01. The summed E-state index contributed by atoms with van der Waals surface area (Å²) in [6.45, 7) is 2.82. The summed E-state index contributed by atoms with van der Waals surface area (Å²) in [7, 11) is 1.70. The zero-order valence-corrected chi connectivity index (χ0v) is 15.3. The number of aryl methyl sites for hydroxylation is 2. The number of thiophene rings is 1. The van der Waals surface area contributed by atoms with Crippen molar-refractivity contribution >= 4 is 17.2 Å². The maximum atomic E-state index is 12.7. The van der Waals surface area contributed by atoms with E-state index in [1.54, 1.807) is 18.4 Å². The maximum Gasteiger partial charge on any atom is 0.264 e. The number of ether oxygens (including phenoxy) is 2. The van der Waals surface area contributed by atoms with Gasteiger partial charge in [0.15, 0.2) is 0 Å². The molecule has 132 valence electrons. The minimum atomic E-state index is 0.147. The van der Waals surface area contributed by atoms with Gasteiger partial charge in [0.1, 0.15) is 0 Å². The van der Waals surface area contributed by atoms with Crippen LogP contribution in [0.25, 0.3) is 10.4 Å². The molecular formula is C20H23NO3S. The molecule has 1 saturated heterocycles. The third kappa shape index (κ3) is 3.36. The van der Waals surface area contributed by atoms with E-state index in [4.69, 9.17) is 9.47 Å². The topological polar surface area (TPSA) is 38.8 Å². The molecule has 4 rings (SSSR count). The number of likely N-dealkylation sites (tertiary alicyclic amines) is 1. The van der Waals surface area contributed by atoms with E-state index in [1.807, 2.05) is 4.90 Å². The normalized spacial score (nSPS) is 16.3. The van der Waals surface area contributed by atoms with Crippen LogP contribution in [0.2, 0.25) is 0 Å². The highest BCUT2D eigenvalue weighted by Crippen LogP contribution is 2.40. The lowest BCUT2D eigenvalue weighted by atomic mass is 9.91. The molecule has 1 aromatic heterocycles. The Morgan fingerprint density at radius 2 is 2.00 bits per heavy atom. The second-order valence-corrected chi connectivity index (χ2v) is 7.72. The van der Waals surface area contributed by atoms with Crippen molar-refractivity contribution in [3.8, 4) is 10.4 Å². The summed E-state index contributed by atoms with van der Waals surface area (Å²) in [5.74, 6) is 0.147. The molecule has 1 fully saturated rings. The van der Waals surface area contributed by atoms with Gasteiger partial charge >= 0.3 is 0 Å². The average Bonchev–Trinajstić information content (AvgIpc) is 3.04. The molecule has 0 atom stereocenters. The monoisotopic (exact) mass is 357 g/mol. The molecule has 2 heterocycles. The van der Waals surface area contributed by atoms with E-state index < -0.39 is 0 Å². The molecule has 0 spiro atoms. The Morgan fingerprint density at radius 3 is 2.84 bits per heavy atom. The number of hydrogen-bond acceptors (Lipinski definition) is 4. The first kappa shape index (κ1) is 16.8. The highest BCUT2D eigenvalue weighted by Gasteiger charge is 2.33. The lowest BCUT2D eigenvalue weighted by Gasteiger charge is -2.38. The average molecular weight is 357 g/mol. The van der Waals surface area contributed by atoms with Gasteiger partial charge in [0.2, 0.25) is 0 Å². The number of benzene rings is 1. The Hall–Kier alpha value is -1.69. The molecule has 1 aliphatic heterocycles. The first-order valence-corrected chi connectivity index (χ1v) is 9.68. The molecule has 1 amide bonds. The van der Waals surface area contributed by atoms with Crippen molar-refractivity contribution < 1.29 is 14.3 Å². The van der Waals surface area contributed by atoms with Gasteiger partial charge in [-0.3, -0.25) is 4.79 Å². The van der Waals surface area contributed by atoms with Crippen molar-refractivity contribution in [2.45, 2.75) is 25.4 Å². The van der Waals surface area contributed by atoms with Crippen LogP contribution >= 0.6 is 11.3 Å². The number of methoxy groups -OCH3 is 1. The fourth-order valence-electron chi connectivity index (χ4n) is 3.50. The molecule has 0 saturated carbocycles. The Bertz CT molecular complexity index is 764. The fraction of sp³-hybridized carbons (Fsp3) is 0.450. The molecule has 4 nitrogen and oxygen atoms in total. The minimum Gasteiger partial charge on any atom is -0.385 e. The van der Waals surface area contributed by atoms with E-state index in [1.165, 1.54) is 21.6 Å². The van der Waals surface area contributed by atoms with Gasteiger partial charge in [0.05, 0.1) is 11.0 Å². The first-order valence-electron chi connectivity index (χ1n) is 8.87. The summed E-state index contributed by atoms with van der Waals surface area (Å²) in [5, 5.41) is 0. The van der Waals surface area contributed by atoms with Crippen LogP contribution in [0.15, 0.2) is 30.3 Å². The number of fused-ring (bicyclic) bond motifs is 3. The van der Waals surface area contributed by atoms with E-state index >= 15 is 0 Å². The van der Waals surface area contributed by atoms with Crippen LogP contribution < -0.4 is 0 Å². The van der Waals surface area contributed by atoms with E-state index in [-0.39, 0.29) is 12.0 Å². The summed E-state index contributed by atoms with van der Waals surface area (Å²) < 4.78 is 10.8. The quantitative estimate of drug-likeness (QED) is 0.744. The first-order chi connectivity index (χ1) is 12.3. The fourth-order valence-corrected chi connectivity index (χ4v) is 4.73. The van der Waals surface area contributed by atoms with Gasteiger partial charge in [-0.1, -0.05) is 24.3 Å². The van der Waals surface area contributed by atoms with Gasteiger partial charge in [-0.25, -0.2) is 0 Å².